The molecule has 2 atom stereocenters. The normalized spacial score (nSPS) is 17.9. The highest BCUT2D eigenvalue weighted by molar-refractivity contribution is 6.33. The Labute approximate surface area is 180 Å². The van der Waals surface area contributed by atoms with Gasteiger partial charge >= 0.3 is 0 Å². The summed E-state index contributed by atoms with van der Waals surface area (Å²) in [6.07, 6.45) is 2.70. The number of rotatable bonds is 8. The van der Waals surface area contributed by atoms with Crippen LogP contribution in [0.1, 0.15) is 20.3 Å². The molecule has 0 unspecified atom stereocenters. The maximum atomic E-state index is 13.0. The van der Waals surface area contributed by atoms with Crippen molar-refractivity contribution in [2.24, 2.45) is 5.92 Å². The van der Waals surface area contributed by atoms with E-state index in [2.05, 4.69) is 20.3 Å². The number of pyridine rings is 2. The van der Waals surface area contributed by atoms with Crippen LogP contribution in [0.25, 0.3) is 22.7 Å². The Kier molecular flexibility index (Phi) is 5.65. The van der Waals surface area contributed by atoms with Gasteiger partial charge < -0.3 is 19.2 Å². The molecule has 0 aromatic carbocycles. The molecule has 0 spiro atoms. The van der Waals surface area contributed by atoms with E-state index in [0.717, 1.165) is 0 Å². The van der Waals surface area contributed by atoms with Crippen LogP contribution in [0.3, 0.4) is 0 Å². The Morgan fingerprint density at radius 2 is 2.13 bits per heavy atom. The number of fused-ring (bicyclic) bond motifs is 1. The van der Waals surface area contributed by atoms with Gasteiger partial charge in [-0.25, -0.2) is 23.7 Å². The van der Waals surface area contributed by atoms with Crippen molar-refractivity contribution in [1.29, 1.82) is 0 Å². The molecule has 1 aliphatic rings. The van der Waals surface area contributed by atoms with E-state index in [0.29, 0.717) is 22.7 Å². The van der Waals surface area contributed by atoms with Crippen molar-refractivity contribution in [2.75, 3.05) is 13.2 Å². The highest BCUT2D eigenvalue weighted by Gasteiger charge is 2.57. The summed E-state index contributed by atoms with van der Waals surface area (Å²) in [5.74, 6) is -2.79. The molecule has 1 fully saturated rings. The first-order chi connectivity index (χ1) is 14.7. The minimum atomic E-state index is -2.64. The largest absolute Gasteiger partial charge is 0.491 e. The number of amides is 1. The van der Waals surface area contributed by atoms with Gasteiger partial charge in [-0.3, -0.25) is 4.79 Å². The van der Waals surface area contributed by atoms with Gasteiger partial charge in [-0.1, -0.05) is 11.6 Å². The molecule has 1 aliphatic carbocycles. The van der Waals surface area contributed by atoms with Crippen LogP contribution in [-0.4, -0.2) is 46.0 Å². The molecule has 4 rings (SSSR count). The molecule has 0 aliphatic heterocycles. The lowest BCUT2D eigenvalue weighted by Crippen LogP contribution is -2.35. The van der Waals surface area contributed by atoms with Crippen LogP contribution in [-0.2, 0) is 4.79 Å². The van der Waals surface area contributed by atoms with Crippen molar-refractivity contribution in [3.63, 3.8) is 0 Å². The van der Waals surface area contributed by atoms with Crippen LogP contribution < -0.4 is 14.8 Å². The van der Waals surface area contributed by atoms with Gasteiger partial charge in [-0.05, 0) is 6.92 Å². The Bertz CT molecular complexity index is 1120. The lowest BCUT2D eigenvalue weighted by atomic mass is 10.3. The van der Waals surface area contributed by atoms with Crippen molar-refractivity contribution < 1.29 is 27.5 Å². The molecule has 1 N–H and O–H groups in total. The second-order valence-electron chi connectivity index (χ2n) is 7.40. The monoisotopic (exact) mass is 452 g/mol. The van der Waals surface area contributed by atoms with E-state index in [1.54, 1.807) is 6.07 Å². The zero-order valence-electron chi connectivity index (χ0n) is 16.7. The predicted octanol–water partition coefficient (Wildman–Crippen LogP) is 3.88. The molecule has 3 aromatic heterocycles. The first-order valence-electron chi connectivity index (χ1n) is 9.54. The Morgan fingerprint density at radius 3 is 2.81 bits per heavy atom. The Hall–Kier alpha value is -3.01. The van der Waals surface area contributed by atoms with Gasteiger partial charge in [0.1, 0.15) is 23.6 Å². The summed E-state index contributed by atoms with van der Waals surface area (Å²) in [4.78, 5) is 23.7. The second-order valence-corrected chi connectivity index (χ2v) is 7.80. The molecule has 0 saturated heterocycles. The molecule has 31 heavy (non-hydrogen) atoms. The van der Waals surface area contributed by atoms with Crippen LogP contribution in [0, 0.1) is 5.92 Å². The molecule has 8 nitrogen and oxygen atoms in total. The fourth-order valence-electron chi connectivity index (χ4n) is 2.90. The molecule has 1 saturated carbocycles. The molecular formula is C20H19ClF2N4O4. The lowest BCUT2D eigenvalue weighted by Gasteiger charge is -2.12. The number of halogens is 3. The van der Waals surface area contributed by atoms with Gasteiger partial charge in [0.05, 0.1) is 36.0 Å². The van der Waals surface area contributed by atoms with Crippen molar-refractivity contribution in [3.8, 4) is 23.2 Å². The molecule has 11 heteroatoms. The SMILES string of the molecule is CC(=O)N[C@@H](C)COc1cc2oc(-c3ncc(OC[C@H]4CC4(F)F)cc3Cl)nc2cn1. The summed E-state index contributed by atoms with van der Waals surface area (Å²) in [6, 6.07) is 2.87. The topological polar surface area (TPSA) is 99.4 Å². The molecule has 3 heterocycles. The Morgan fingerprint density at radius 1 is 1.35 bits per heavy atom. The van der Waals surface area contributed by atoms with E-state index in [4.69, 9.17) is 25.5 Å². The van der Waals surface area contributed by atoms with Gasteiger partial charge in [0.2, 0.25) is 17.7 Å². The highest BCUT2D eigenvalue weighted by atomic mass is 35.5. The van der Waals surface area contributed by atoms with Crippen LogP contribution in [0.5, 0.6) is 11.6 Å². The second kappa shape index (κ2) is 8.26. The van der Waals surface area contributed by atoms with Gasteiger partial charge in [0.15, 0.2) is 5.58 Å². The molecule has 3 aromatic rings. The minimum Gasteiger partial charge on any atom is -0.491 e. The van der Waals surface area contributed by atoms with E-state index in [1.165, 1.54) is 25.4 Å². The number of carbonyl (C=O) groups excluding carboxylic acids is 1. The van der Waals surface area contributed by atoms with Crippen LogP contribution >= 0.6 is 11.6 Å². The number of aromatic nitrogens is 3. The number of ether oxygens (including phenoxy) is 2. The number of alkyl halides is 2. The van der Waals surface area contributed by atoms with Crippen molar-refractivity contribution in [1.82, 2.24) is 20.3 Å². The number of oxazole rings is 1. The smallest absolute Gasteiger partial charge is 0.255 e. The van der Waals surface area contributed by atoms with Gasteiger partial charge in [-0.15, -0.1) is 0 Å². The summed E-state index contributed by atoms with van der Waals surface area (Å²) in [5.41, 5.74) is 1.18. The maximum absolute atomic E-state index is 13.0. The van der Waals surface area contributed by atoms with E-state index in [-0.39, 0.29) is 48.2 Å². The van der Waals surface area contributed by atoms with Crippen LogP contribution in [0.2, 0.25) is 5.02 Å². The predicted molar refractivity (Wildman–Crippen MR) is 107 cm³/mol. The maximum Gasteiger partial charge on any atom is 0.255 e. The van der Waals surface area contributed by atoms with Crippen LogP contribution in [0.15, 0.2) is 28.9 Å². The number of nitrogens with zero attached hydrogens (tertiary/aromatic N) is 3. The molecule has 0 bridgehead atoms. The highest BCUT2D eigenvalue weighted by Crippen LogP contribution is 2.48. The zero-order chi connectivity index (χ0) is 22.2. The number of nitrogens with one attached hydrogen (secondary N) is 1. The van der Waals surface area contributed by atoms with Gasteiger partial charge in [-0.2, -0.15) is 0 Å². The molecule has 164 valence electrons. The standard InChI is InChI=1S/C20H19ClF2N4O4/c1-10(26-11(2)28)8-30-17-4-16-15(7-24-17)27-19(31-16)18-14(21)3-13(6-25-18)29-9-12-5-20(12,22)23/h3-4,6-7,10,12H,5,8-9H2,1-2H3,(H,26,28)/t10-,12+/m0/s1. The van der Waals surface area contributed by atoms with Gasteiger partial charge in [0, 0.05) is 25.5 Å². The third-order valence-corrected chi connectivity index (χ3v) is 4.89. The summed E-state index contributed by atoms with van der Waals surface area (Å²) >= 11 is 6.27. The third-order valence-electron chi connectivity index (χ3n) is 4.61. The Balaban J connectivity index is 1.44. The first kappa shape index (κ1) is 21.2. The van der Waals surface area contributed by atoms with Crippen molar-refractivity contribution >= 4 is 28.6 Å². The van der Waals surface area contributed by atoms with Crippen molar-refractivity contribution in [3.05, 3.63) is 29.5 Å². The van der Waals surface area contributed by atoms with E-state index >= 15 is 0 Å². The average molecular weight is 453 g/mol. The summed E-state index contributed by atoms with van der Waals surface area (Å²) in [7, 11) is 0. The average Bonchev–Trinajstić information content (AvgIpc) is 3.11. The molecule has 0 radical (unpaired) electrons. The van der Waals surface area contributed by atoms with Gasteiger partial charge in [0.25, 0.3) is 5.92 Å². The summed E-state index contributed by atoms with van der Waals surface area (Å²) < 4.78 is 42.6. The summed E-state index contributed by atoms with van der Waals surface area (Å²) in [5, 5.41) is 2.92. The van der Waals surface area contributed by atoms with E-state index in [1.807, 2.05) is 6.92 Å². The fraction of sp³-hybridized carbons (Fsp3) is 0.400. The molecular weight excluding hydrogens is 434 g/mol. The third kappa shape index (κ3) is 5.01. The molecule has 1 amide bonds. The van der Waals surface area contributed by atoms with Crippen LogP contribution in [0.4, 0.5) is 8.78 Å². The zero-order valence-corrected chi connectivity index (χ0v) is 17.4. The first-order valence-corrected chi connectivity index (χ1v) is 9.92. The number of carbonyl (C=O) groups is 1. The summed E-state index contributed by atoms with van der Waals surface area (Å²) in [6.45, 7) is 3.38. The lowest BCUT2D eigenvalue weighted by molar-refractivity contribution is -0.119. The number of hydrogen-bond acceptors (Lipinski definition) is 7. The van der Waals surface area contributed by atoms with E-state index < -0.39 is 11.8 Å². The minimum absolute atomic E-state index is 0.0950. The number of hydrogen-bond donors (Lipinski definition) is 1. The fourth-order valence-corrected chi connectivity index (χ4v) is 3.13. The van der Waals surface area contributed by atoms with Crippen molar-refractivity contribution in [2.45, 2.75) is 32.2 Å². The quantitative estimate of drug-likeness (QED) is 0.553. The van der Waals surface area contributed by atoms with E-state index in [9.17, 15) is 13.6 Å².